The third kappa shape index (κ3) is 2.90. The lowest BCUT2D eigenvalue weighted by atomic mass is 10.0. The van der Waals surface area contributed by atoms with E-state index >= 15 is 0 Å². The summed E-state index contributed by atoms with van der Waals surface area (Å²) in [4.78, 5) is 16.2. The Labute approximate surface area is 102 Å². The first-order valence-electron chi connectivity index (χ1n) is 6.05. The second-order valence-corrected chi connectivity index (χ2v) is 4.77. The third-order valence-electron chi connectivity index (χ3n) is 2.88. The summed E-state index contributed by atoms with van der Waals surface area (Å²) in [5.41, 5.74) is 1.67. The summed E-state index contributed by atoms with van der Waals surface area (Å²) < 4.78 is 0. The molecule has 0 aliphatic carbocycles. The van der Waals surface area contributed by atoms with Gasteiger partial charge < -0.3 is 0 Å². The normalized spacial score (nSPS) is 11.0. The molecule has 0 radical (unpaired) electrons. The summed E-state index contributed by atoms with van der Waals surface area (Å²) >= 11 is 0. The molecular formula is C15H17NO. The fourth-order valence-electron chi connectivity index (χ4n) is 1.80. The number of carbonyl (C=O) groups excluding carboxylic acids is 1. The molecule has 0 fully saturated rings. The van der Waals surface area contributed by atoms with E-state index in [4.69, 9.17) is 0 Å². The van der Waals surface area contributed by atoms with Crippen LogP contribution in [0.5, 0.6) is 0 Å². The van der Waals surface area contributed by atoms with Crippen molar-refractivity contribution in [1.29, 1.82) is 0 Å². The Balaban J connectivity index is 2.21. The zero-order chi connectivity index (χ0) is 12.3. The van der Waals surface area contributed by atoms with Crippen LogP contribution in [0.15, 0.2) is 36.5 Å². The van der Waals surface area contributed by atoms with Crippen LogP contribution in [0.1, 0.15) is 37.0 Å². The highest BCUT2D eigenvalue weighted by Crippen LogP contribution is 2.16. The molecule has 0 aliphatic rings. The van der Waals surface area contributed by atoms with Crippen molar-refractivity contribution in [2.24, 2.45) is 5.92 Å². The largest absolute Gasteiger partial charge is 0.294 e. The lowest BCUT2D eigenvalue weighted by molar-refractivity contribution is 0.0975. The van der Waals surface area contributed by atoms with Crippen molar-refractivity contribution in [2.45, 2.75) is 26.7 Å². The van der Waals surface area contributed by atoms with Crippen molar-refractivity contribution in [2.75, 3.05) is 0 Å². The van der Waals surface area contributed by atoms with E-state index in [1.807, 2.05) is 30.3 Å². The summed E-state index contributed by atoms with van der Waals surface area (Å²) in [6.45, 7) is 4.27. The molecule has 0 N–H and O–H groups in total. The van der Waals surface area contributed by atoms with Gasteiger partial charge >= 0.3 is 0 Å². The number of Topliss-reactive ketones (excluding diaryl/α,β-unsaturated/α-hetero) is 1. The van der Waals surface area contributed by atoms with Gasteiger partial charge in [0.15, 0.2) is 5.78 Å². The summed E-state index contributed by atoms with van der Waals surface area (Å²) in [6, 6.07) is 9.66. The molecule has 1 heterocycles. The summed E-state index contributed by atoms with van der Waals surface area (Å²) in [5, 5.41) is 1.08. The molecular weight excluding hydrogens is 210 g/mol. The fourth-order valence-corrected chi connectivity index (χ4v) is 1.80. The average Bonchev–Trinajstić information content (AvgIpc) is 2.35. The molecule has 2 rings (SSSR count). The lowest BCUT2D eigenvalue weighted by Crippen LogP contribution is -2.01. The van der Waals surface area contributed by atoms with Crippen LogP contribution < -0.4 is 0 Å². The van der Waals surface area contributed by atoms with Gasteiger partial charge in [-0.05, 0) is 24.5 Å². The molecule has 2 nitrogen and oxygen atoms in total. The number of ketones is 1. The van der Waals surface area contributed by atoms with Crippen molar-refractivity contribution in [3.05, 3.63) is 42.1 Å². The van der Waals surface area contributed by atoms with Gasteiger partial charge in [0.05, 0.1) is 5.52 Å². The van der Waals surface area contributed by atoms with Crippen molar-refractivity contribution in [3.8, 4) is 0 Å². The smallest absolute Gasteiger partial charge is 0.162 e. The highest BCUT2D eigenvalue weighted by atomic mass is 16.1. The first-order chi connectivity index (χ1) is 8.16. The summed E-state index contributed by atoms with van der Waals surface area (Å²) in [5.74, 6) is 0.781. The monoisotopic (exact) mass is 227 g/mol. The fraction of sp³-hybridized carbons (Fsp3) is 0.333. The molecule has 2 heteroatoms. The average molecular weight is 227 g/mol. The van der Waals surface area contributed by atoms with Gasteiger partial charge in [0.1, 0.15) is 0 Å². The number of fused-ring (bicyclic) bond motifs is 1. The topological polar surface area (TPSA) is 30.0 Å². The van der Waals surface area contributed by atoms with Crippen LogP contribution in [0.2, 0.25) is 0 Å². The number of nitrogens with zero attached hydrogens (tertiary/aromatic N) is 1. The van der Waals surface area contributed by atoms with Crippen molar-refractivity contribution < 1.29 is 4.79 Å². The van der Waals surface area contributed by atoms with Crippen LogP contribution in [0.3, 0.4) is 0 Å². The van der Waals surface area contributed by atoms with Crippen molar-refractivity contribution >= 4 is 16.7 Å². The lowest BCUT2D eigenvalue weighted by Gasteiger charge is -2.05. The number of carbonyl (C=O) groups is 1. The van der Waals surface area contributed by atoms with Gasteiger partial charge in [-0.3, -0.25) is 9.78 Å². The Morgan fingerprint density at radius 3 is 2.88 bits per heavy atom. The van der Waals surface area contributed by atoms with Gasteiger partial charge in [-0.2, -0.15) is 0 Å². The predicted molar refractivity (Wildman–Crippen MR) is 70.1 cm³/mol. The van der Waals surface area contributed by atoms with Gasteiger partial charge in [-0.1, -0.05) is 32.0 Å². The van der Waals surface area contributed by atoms with Crippen molar-refractivity contribution in [3.63, 3.8) is 0 Å². The van der Waals surface area contributed by atoms with Crippen LogP contribution in [-0.2, 0) is 0 Å². The van der Waals surface area contributed by atoms with Gasteiger partial charge in [-0.25, -0.2) is 0 Å². The van der Waals surface area contributed by atoms with Crippen LogP contribution in [0.25, 0.3) is 10.9 Å². The van der Waals surface area contributed by atoms with Gasteiger partial charge in [0, 0.05) is 23.6 Å². The molecule has 0 aliphatic heterocycles. The zero-order valence-electron chi connectivity index (χ0n) is 10.3. The second-order valence-electron chi connectivity index (χ2n) is 4.77. The Hall–Kier alpha value is -1.70. The van der Waals surface area contributed by atoms with Gasteiger partial charge in [-0.15, -0.1) is 0 Å². The SMILES string of the molecule is CC(C)CCC(=O)c1ccc2cccnc2c1. The Bertz CT molecular complexity index is 531. The molecule has 0 spiro atoms. The van der Waals surface area contributed by atoms with E-state index in [2.05, 4.69) is 18.8 Å². The third-order valence-corrected chi connectivity index (χ3v) is 2.88. The quantitative estimate of drug-likeness (QED) is 0.742. The maximum atomic E-state index is 12.0. The Morgan fingerprint density at radius 2 is 2.12 bits per heavy atom. The molecule has 0 saturated carbocycles. The maximum Gasteiger partial charge on any atom is 0.162 e. The Morgan fingerprint density at radius 1 is 1.29 bits per heavy atom. The number of pyridine rings is 1. The summed E-state index contributed by atoms with van der Waals surface area (Å²) in [7, 11) is 0. The second kappa shape index (κ2) is 5.09. The first kappa shape index (κ1) is 11.8. The molecule has 0 unspecified atom stereocenters. The minimum absolute atomic E-state index is 0.214. The van der Waals surface area contributed by atoms with E-state index in [9.17, 15) is 4.79 Å². The number of aromatic nitrogens is 1. The molecule has 1 aromatic heterocycles. The number of rotatable bonds is 4. The van der Waals surface area contributed by atoms with Crippen molar-refractivity contribution in [1.82, 2.24) is 4.98 Å². The highest BCUT2D eigenvalue weighted by molar-refractivity contribution is 5.99. The molecule has 2 aromatic rings. The van der Waals surface area contributed by atoms with Crippen LogP contribution in [-0.4, -0.2) is 10.8 Å². The standard InChI is InChI=1S/C15H17NO/c1-11(2)5-8-15(17)13-7-6-12-4-3-9-16-14(12)10-13/h3-4,6-7,9-11H,5,8H2,1-2H3. The molecule has 0 atom stereocenters. The molecule has 88 valence electrons. The van der Waals surface area contributed by atoms with Crippen LogP contribution >= 0.6 is 0 Å². The maximum absolute atomic E-state index is 12.0. The van der Waals surface area contributed by atoms with Crippen LogP contribution in [0.4, 0.5) is 0 Å². The molecule has 0 bridgehead atoms. The van der Waals surface area contributed by atoms with E-state index in [1.54, 1.807) is 6.20 Å². The van der Waals surface area contributed by atoms with E-state index in [1.165, 1.54) is 0 Å². The van der Waals surface area contributed by atoms with E-state index in [-0.39, 0.29) is 5.78 Å². The molecule has 0 saturated heterocycles. The number of hydrogen-bond donors (Lipinski definition) is 0. The van der Waals surface area contributed by atoms with E-state index in [0.717, 1.165) is 22.9 Å². The molecule has 0 amide bonds. The van der Waals surface area contributed by atoms with Gasteiger partial charge in [0.2, 0.25) is 0 Å². The van der Waals surface area contributed by atoms with Crippen LogP contribution in [0, 0.1) is 5.92 Å². The van der Waals surface area contributed by atoms with Gasteiger partial charge in [0.25, 0.3) is 0 Å². The zero-order valence-corrected chi connectivity index (χ0v) is 10.3. The first-order valence-corrected chi connectivity index (χ1v) is 6.05. The Kier molecular flexibility index (Phi) is 3.52. The minimum atomic E-state index is 0.214. The minimum Gasteiger partial charge on any atom is -0.294 e. The van der Waals surface area contributed by atoms with E-state index in [0.29, 0.717) is 12.3 Å². The molecule has 17 heavy (non-hydrogen) atoms. The number of hydrogen-bond acceptors (Lipinski definition) is 2. The molecule has 1 aromatic carbocycles. The number of benzene rings is 1. The summed E-state index contributed by atoms with van der Waals surface area (Å²) in [6.07, 6.45) is 3.32. The van der Waals surface area contributed by atoms with E-state index < -0.39 is 0 Å². The highest BCUT2D eigenvalue weighted by Gasteiger charge is 2.07. The predicted octanol–water partition coefficient (Wildman–Crippen LogP) is 3.85.